The zero-order valence-electron chi connectivity index (χ0n) is 26.4. The number of sulfonamides is 1. The van der Waals surface area contributed by atoms with E-state index in [9.17, 15) is 18.3 Å². The fourth-order valence-corrected chi connectivity index (χ4v) is 9.89. The largest absolute Gasteiger partial charge is 0.490 e. The molecule has 2 N–H and O–H groups in total. The van der Waals surface area contributed by atoms with Crippen LogP contribution in [0.3, 0.4) is 0 Å². The standard InChI is InChI=1S/C35H45ClN2O6S/c1-22(2)16-33-32(43-3)8-4-7-30(39)27-12-9-25(27)19-38-20-35(15-5-6-23-17-26(36)11-13-28(23)35)21-44-31-14-10-24(18-29(31)38)34(40)37-45(33,41)42/h4,7,10-11,13-14,17-18,22,25,27,30,32-33,39H,5-6,8-9,12,15-16,19-21H2,1-3H3,(H,37,40)/b7-4-/t25-,27+,30-,32-,33-,35-/m0/s1. The number of nitrogens with zero attached hydrogens (tertiary/aromatic N) is 1. The third-order valence-electron chi connectivity index (χ3n) is 10.4. The predicted octanol–water partition coefficient (Wildman–Crippen LogP) is 5.65. The summed E-state index contributed by atoms with van der Waals surface area (Å²) in [6, 6.07) is 11.4. The van der Waals surface area contributed by atoms with Gasteiger partial charge in [-0.15, -0.1) is 0 Å². The Kier molecular flexibility index (Phi) is 9.27. The van der Waals surface area contributed by atoms with Crippen LogP contribution < -0.4 is 14.4 Å². The third-order valence-corrected chi connectivity index (χ3v) is 12.4. The zero-order valence-corrected chi connectivity index (χ0v) is 27.9. The quantitative estimate of drug-likeness (QED) is 0.412. The van der Waals surface area contributed by atoms with E-state index in [0.29, 0.717) is 38.3 Å². The molecule has 1 amide bonds. The van der Waals surface area contributed by atoms with Gasteiger partial charge in [-0.1, -0.05) is 43.7 Å². The van der Waals surface area contributed by atoms with E-state index in [1.54, 1.807) is 24.3 Å². The number of nitrogens with one attached hydrogen (secondary N) is 1. The maximum atomic E-state index is 13.7. The number of rotatable bonds is 3. The van der Waals surface area contributed by atoms with E-state index < -0.39 is 33.4 Å². The van der Waals surface area contributed by atoms with Crippen molar-refractivity contribution in [2.24, 2.45) is 17.8 Å². The number of halogens is 1. The highest BCUT2D eigenvalue weighted by molar-refractivity contribution is 7.90. The highest BCUT2D eigenvalue weighted by atomic mass is 35.5. The summed E-state index contributed by atoms with van der Waals surface area (Å²) < 4.78 is 42.1. The number of benzene rings is 2. The summed E-state index contributed by atoms with van der Waals surface area (Å²) in [6.45, 7) is 5.76. The van der Waals surface area contributed by atoms with Crippen molar-refractivity contribution < 1.29 is 27.8 Å². The van der Waals surface area contributed by atoms with Gasteiger partial charge in [0.2, 0.25) is 10.0 Å². The van der Waals surface area contributed by atoms with Crippen LogP contribution in [0.4, 0.5) is 5.69 Å². The van der Waals surface area contributed by atoms with Crippen molar-refractivity contribution in [2.45, 2.75) is 81.7 Å². The van der Waals surface area contributed by atoms with E-state index in [1.807, 2.05) is 26.0 Å². The number of carbonyl (C=O) groups is 1. The van der Waals surface area contributed by atoms with Crippen LogP contribution in [0.15, 0.2) is 48.6 Å². The maximum absolute atomic E-state index is 13.7. The molecule has 4 aliphatic rings. The summed E-state index contributed by atoms with van der Waals surface area (Å²) in [5.41, 5.74) is 3.25. The summed E-state index contributed by atoms with van der Waals surface area (Å²) in [6.07, 6.45) is 7.80. The second-order valence-corrected chi connectivity index (χ2v) is 16.2. The van der Waals surface area contributed by atoms with Crippen LogP contribution >= 0.6 is 11.6 Å². The van der Waals surface area contributed by atoms with Crippen LogP contribution in [-0.2, 0) is 26.6 Å². The summed E-state index contributed by atoms with van der Waals surface area (Å²) in [5, 5.41) is 11.1. The lowest BCUT2D eigenvalue weighted by molar-refractivity contribution is 0.0451. The van der Waals surface area contributed by atoms with Gasteiger partial charge in [-0.3, -0.25) is 4.79 Å². The van der Waals surface area contributed by atoms with Crippen LogP contribution in [0.25, 0.3) is 0 Å². The van der Waals surface area contributed by atoms with Gasteiger partial charge in [0.15, 0.2) is 0 Å². The Hall–Kier alpha value is -2.59. The Bertz CT molecular complexity index is 1560. The molecule has 0 radical (unpaired) electrons. The lowest BCUT2D eigenvalue weighted by Gasteiger charge is -2.45. The van der Waals surface area contributed by atoms with Gasteiger partial charge in [0.25, 0.3) is 5.91 Å². The number of aliphatic hydroxyl groups excluding tert-OH is 1. The number of hydrogen-bond donors (Lipinski definition) is 2. The zero-order chi connectivity index (χ0) is 31.9. The first kappa shape index (κ1) is 32.4. The molecule has 0 aromatic heterocycles. The molecule has 2 aliphatic carbocycles. The van der Waals surface area contributed by atoms with E-state index in [0.717, 1.165) is 42.8 Å². The van der Waals surface area contributed by atoms with E-state index in [4.69, 9.17) is 21.1 Å². The van der Waals surface area contributed by atoms with Crippen LogP contribution in [0.2, 0.25) is 5.02 Å². The number of aryl methyl sites for hydroxylation is 1. The van der Waals surface area contributed by atoms with Crippen molar-refractivity contribution >= 4 is 33.2 Å². The highest BCUT2D eigenvalue weighted by Crippen LogP contribution is 2.46. The number of aliphatic hydroxyl groups is 1. The van der Waals surface area contributed by atoms with Crippen molar-refractivity contribution in [3.8, 4) is 5.75 Å². The van der Waals surface area contributed by atoms with Gasteiger partial charge in [-0.25, -0.2) is 13.1 Å². The number of methoxy groups -OCH3 is 1. The van der Waals surface area contributed by atoms with E-state index in [-0.39, 0.29) is 28.7 Å². The Morgan fingerprint density at radius 3 is 2.76 bits per heavy atom. The molecule has 1 fully saturated rings. The van der Waals surface area contributed by atoms with Gasteiger partial charge in [-0.2, -0.15) is 0 Å². The maximum Gasteiger partial charge on any atom is 0.264 e. The summed E-state index contributed by atoms with van der Waals surface area (Å²) >= 11 is 6.40. The first-order valence-electron chi connectivity index (χ1n) is 16.2. The van der Waals surface area contributed by atoms with Gasteiger partial charge in [0.05, 0.1) is 24.5 Å². The van der Waals surface area contributed by atoms with Crippen LogP contribution in [0, 0.1) is 17.8 Å². The number of ether oxygens (including phenoxy) is 2. The molecule has 6 atom stereocenters. The highest BCUT2D eigenvalue weighted by Gasteiger charge is 2.44. The van der Waals surface area contributed by atoms with Gasteiger partial charge in [0.1, 0.15) is 11.0 Å². The molecule has 45 heavy (non-hydrogen) atoms. The molecule has 2 bridgehead atoms. The lowest BCUT2D eigenvalue weighted by atomic mass is 9.68. The molecule has 10 heteroatoms. The molecule has 2 aromatic rings. The normalized spacial score (nSPS) is 32.0. The van der Waals surface area contributed by atoms with Gasteiger partial charge >= 0.3 is 0 Å². The van der Waals surface area contributed by atoms with Crippen molar-refractivity contribution in [1.29, 1.82) is 0 Å². The molecule has 1 spiro atoms. The molecule has 0 saturated heterocycles. The number of amides is 1. The Morgan fingerprint density at radius 1 is 1.20 bits per heavy atom. The molecular formula is C35H45ClN2O6S. The summed E-state index contributed by atoms with van der Waals surface area (Å²) in [7, 11) is -2.61. The minimum atomic E-state index is -4.10. The Morgan fingerprint density at radius 2 is 2.02 bits per heavy atom. The lowest BCUT2D eigenvalue weighted by Crippen LogP contribution is -2.49. The van der Waals surface area contributed by atoms with Crippen molar-refractivity contribution in [2.75, 3.05) is 31.7 Å². The fraction of sp³-hybridized carbons (Fsp3) is 0.571. The number of hydrogen-bond acceptors (Lipinski definition) is 7. The van der Waals surface area contributed by atoms with Gasteiger partial charge < -0.3 is 19.5 Å². The van der Waals surface area contributed by atoms with Crippen LogP contribution in [0.1, 0.15) is 73.9 Å². The minimum absolute atomic E-state index is 0.0571. The molecule has 6 rings (SSSR count). The second kappa shape index (κ2) is 12.9. The summed E-state index contributed by atoms with van der Waals surface area (Å²) in [4.78, 5) is 16.0. The van der Waals surface area contributed by atoms with E-state index >= 15 is 0 Å². The SMILES string of the molecule is CO[C@H]1C/C=C\[C@H](O)[C@@H]2CC[C@H]2CN2C[C@@]3(CCCc4cc(Cl)ccc43)COc3ccc(cc32)C(=O)NS(=O)(=O)[C@H]1CC(C)C. The molecule has 8 nitrogen and oxygen atoms in total. The summed E-state index contributed by atoms with van der Waals surface area (Å²) in [5.74, 6) is 0.387. The molecule has 1 saturated carbocycles. The van der Waals surface area contributed by atoms with E-state index in [2.05, 4.69) is 21.8 Å². The average Bonchev–Trinajstić information content (AvgIpc) is 3.12. The van der Waals surface area contributed by atoms with Gasteiger partial charge in [0, 0.05) is 36.2 Å². The van der Waals surface area contributed by atoms with Crippen LogP contribution in [0.5, 0.6) is 5.75 Å². The molecule has 0 unspecified atom stereocenters. The third kappa shape index (κ3) is 6.51. The number of fused-ring (bicyclic) bond motifs is 4. The molecule has 2 aromatic carbocycles. The topological polar surface area (TPSA) is 105 Å². The van der Waals surface area contributed by atoms with Crippen molar-refractivity contribution in [3.63, 3.8) is 0 Å². The average molecular weight is 657 g/mol. The minimum Gasteiger partial charge on any atom is -0.490 e. The molecule has 244 valence electrons. The second-order valence-electron chi connectivity index (χ2n) is 13.9. The smallest absolute Gasteiger partial charge is 0.264 e. The molecular weight excluding hydrogens is 612 g/mol. The molecule has 2 heterocycles. The fourth-order valence-electron chi connectivity index (χ4n) is 7.91. The molecule has 2 aliphatic heterocycles. The van der Waals surface area contributed by atoms with Crippen LogP contribution in [-0.4, -0.2) is 63.7 Å². The number of carbonyl (C=O) groups excluding carboxylic acids is 1. The van der Waals surface area contributed by atoms with Gasteiger partial charge in [-0.05, 0) is 104 Å². The van der Waals surface area contributed by atoms with E-state index in [1.165, 1.54) is 18.2 Å². The predicted molar refractivity (Wildman–Crippen MR) is 177 cm³/mol. The first-order valence-corrected chi connectivity index (χ1v) is 18.2. The van der Waals surface area contributed by atoms with Crippen molar-refractivity contribution in [3.05, 3.63) is 70.3 Å². The Labute approximate surface area is 272 Å². The van der Waals surface area contributed by atoms with Crippen molar-refractivity contribution in [1.82, 2.24) is 4.72 Å². The monoisotopic (exact) mass is 656 g/mol. The Balaban J connectivity index is 1.42. The first-order chi connectivity index (χ1) is 21.5. The number of anilines is 1.